The highest BCUT2D eigenvalue weighted by Gasteiger charge is 2.27. The summed E-state index contributed by atoms with van der Waals surface area (Å²) in [5.41, 5.74) is 0. The first-order valence-electron chi connectivity index (χ1n) is 5.10. The Kier molecular flexibility index (Phi) is 5.27. The molecule has 108 valence electrons. The van der Waals surface area contributed by atoms with Crippen LogP contribution in [0.15, 0.2) is 29.2 Å². The van der Waals surface area contributed by atoms with Crippen molar-refractivity contribution < 1.29 is 30.7 Å². The van der Waals surface area contributed by atoms with E-state index in [4.69, 9.17) is 0 Å². The molecule has 1 aromatic carbocycles. The number of hydrogen-bond acceptors (Lipinski definition) is 3. The van der Waals surface area contributed by atoms with Crippen molar-refractivity contribution >= 4 is 10.0 Å². The molecule has 1 rings (SSSR count). The quantitative estimate of drug-likeness (QED) is 0.642. The second-order valence-electron chi connectivity index (χ2n) is 3.52. The maximum Gasteiger partial charge on any atom is 0.411 e. The van der Waals surface area contributed by atoms with Crippen LogP contribution in [-0.4, -0.2) is 34.4 Å². The summed E-state index contributed by atoms with van der Waals surface area (Å²) in [6, 6.07) is 4.03. The lowest BCUT2D eigenvalue weighted by molar-refractivity contribution is -0.173. The Balaban J connectivity index is 2.42. The predicted octanol–water partition coefficient (Wildman–Crippen LogP) is 1.68. The number of ether oxygens (including phenoxy) is 1. The molecule has 0 fully saturated rings. The van der Waals surface area contributed by atoms with Gasteiger partial charge in [0.05, 0.1) is 11.5 Å². The Labute approximate surface area is 107 Å². The molecule has 0 atom stereocenters. The van der Waals surface area contributed by atoms with Crippen LogP contribution < -0.4 is 4.72 Å². The van der Waals surface area contributed by atoms with Crippen molar-refractivity contribution in [2.45, 2.75) is 11.1 Å². The van der Waals surface area contributed by atoms with Crippen LogP contribution in [0.4, 0.5) is 17.6 Å². The van der Waals surface area contributed by atoms with Gasteiger partial charge < -0.3 is 4.74 Å². The molecule has 0 aliphatic rings. The Morgan fingerprint density at radius 1 is 1.16 bits per heavy atom. The van der Waals surface area contributed by atoms with Crippen molar-refractivity contribution in [2.75, 3.05) is 19.8 Å². The van der Waals surface area contributed by atoms with Crippen LogP contribution in [0.1, 0.15) is 0 Å². The molecule has 0 aliphatic heterocycles. The zero-order valence-electron chi connectivity index (χ0n) is 9.58. The fourth-order valence-electron chi connectivity index (χ4n) is 1.13. The fourth-order valence-corrected chi connectivity index (χ4v) is 2.15. The molecule has 1 aromatic rings. The molecule has 0 bridgehead atoms. The summed E-state index contributed by atoms with van der Waals surface area (Å²) in [5.74, 6) is -0.590. The van der Waals surface area contributed by atoms with E-state index in [1.807, 2.05) is 4.72 Å². The van der Waals surface area contributed by atoms with Gasteiger partial charge >= 0.3 is 6.18 Å². The second-order valence-corrected chi connectivity index (χ2v) is 5.29. The summed E-state index contributed by atoms with van der Waals surface area (Å²) >= 11 is 0. The van der Waals surface area contributed by atoms with Crippen LogP contribution in [0.5, 0.6) is 0 Å². The highest BCUT2D eigenvalue weighted by Crippen LogP contribution is 2.14. The van der Waals surface area contributed by atoms with Crippen molar-refractivity contribution in [3.63, 3.8) is 0 Å². The second kappa shape index (κ2) is 6.31. The summed E-state index contributed by atoms with van der Waals surface area (Å²) in [7, 11) is -3.87. The van der Waals surface area contributed by atoms with Gasteiger partial charge in [-0.2, -0.15) is 13.2 Å². The number of hydrogen-bond donors (Lipinski definition) is 1. The van der Waals surface area contributed by atoms with Crippen LogP contribution in [0.25, 0.3) is 0 Å². The monoisotopic (exact) mass is 301 g/mol. The Morgan fingerprint density at radius 2 is 1.74 bits per heavy atom. The van der Waals surface area contributed by atoms with E-state index in [1.165, 1.54) is 0 Å². The molecule has 0 radical (unpaired) electrons. The van der Waals surface area contributed by atoms with E-state index in [1.54, 1.807) is 0 Å². The maximum atomic E-state index is 12.6. The number of sulfonamides is 1. The molecule has 0 aromatic heterocycles. The van der Waals surface area contributed by atoms with E-state index in [0.29, 0.717) is 0 Å². The lowest BCUT2D eigenvalue weighted by Gasteiger charge is -2.09. The third kappa shape index (κ3) is 5.99. The van der Waals surface area contributed by atoms with Crippen molar-refractivity contribution in [2.24, 2.45) is 0 Å². The van der Waals surface area contributed by atoms with Gasteiger partial charge in [-0.3, -0.25) is 0 Å². The van der Waals surface area contributed by atoms with Crippen molar-refractivity contribution in [3.8, 4) is 0 Å². The Hall–Kier alpha value is -1.19. The molecular weight excluding hydrogens is 290 g/mol. The lowest BCUT2D eigenvalue weighted by atomic mass is 10.4. The van der Waals surface area contributed by atoms with Gasteiger partial charge in [0.25, 0.3) is 0 Å². The number of alkyl halides is 3. The molecule has 1 N–H and O–H groups in total. The minimum absolute atomic E-state index is 0.176. The van der Waals surface area contributed by atoms with Gasteiger partial charge in [-0.1, -0.05) is 0 Å². The van der Waals surface area contributed by atoms with Gasteiger partial charge in [0.1, 0.15) is 12.4 Å². The zero-order valence-corrected chi connectivity index (χ0v) is 10.4. The topological polar surface area (TPSA) is 55.4 Å². The van der Waals surface area contributed by atoms with E-state index < -0.39 is 35.2 Å². The van der Waals surface area contributed by atoms with Crippen LogP contribution in [-0.2, 0) is 14.8 Å². The van der Waals surface area contributed by atoms with Crippen molar-refractivity contribution in [1.29, 1.82) is 0 Å². The van der Waals surface area contributed by atoms with Crippen molar-refractivity contribution in [1.82, 2.24) is 4.72 Å². The average Bonchev–Trinajstić information content (AvgIpc) is 2.27. The van der Waals surface area contributed by atoms with Gasteiger partial charge in [0.2, 0.25) is 10.0 Å². The minimum atomic E-state index is -4.45. The number of halogens is 4. The van der Waals surface area contributed by atoms with Gasteiger partial charge in [-0.05, 0) is 24.3 Å². The molecular formula is C10H11F4NO3S. The van der Waals surface area contributed by atoms with Crippen LogP contribution in [0, 0.1) is 5.82 Å². The third-order valence-corrected chi connectivity index (χ3v) is 3.41. The summed E-state index contributed by atoms with van der Waals surface area (Å²) in [4.78, 5) is -0.176. The first-order chi connectivity index (χ1) is 8.71. The van der Waals surface area contributed by atoms with E-state index in [-0.39, 0.29) is 11.4 Å². The molecule has 9 heteroatoms. The first kappa shape index (κ1) is 15.9. The van der Waals surface area contributed by atoms with Gasteiger partial charge in [-0.25, -0.2) is 17.5 Å². The molecule has 0 saturated carbocycles. The molecule has 0 aliphatic carbocycles. The average molecular weight is 301 g/mol. The van der Waals surface area contributed by atoms with Crippen LogP contribution >= 0.6 is 0 Å². The molecule has 0 heterocycles. The highest BCUT2D eigenvalue weighted by molar-refractivity contribution is 7.89. The number of benzene rings is 1. The van der Waals surface area contributed by atoms with E-state index >= 15 is 0 Å². The number of rotatable bonds is 6. The zero-order chi connectivity index (χ0) is 14.5. The molecule has 0 spiro atoms. The normalized spacial score (nSPS) is 12.6. The summed E-state index contributed by atoms with van der Waals surface area (Å²) in [5, 5.41) is 0. The minimum Gasteiger partial charge on any atom is -0.371 e. The third-order valence-electron chi connectivity index (χ3n) is 1.93. The van der Waals surface area contributed by atoms with Gasteiger partial charge in [0.15, 0.2) is 0 Å². The summed E-state index contributed by atoms with van der Waals surface area (Å²) < 4.78 is 77.2. The van der Waals surface area contributed by atoms with E-state index in [0.717, 1.165) is 24.3 Å². The van der Waals surface area contributed by atoms with E-state index in [9.17, 15) is 26.0 Å². The molecule has 19 heavy (non-hydrogen) atoms. The summed E-state index contributed by atoms with van der Waals surface area (Å²) in [6.45, 7) is -2.17. The number of nitrogens with one attached hydrogen (secondary N) is 1. The molecule has 0 amide bonds. The summed E-state index contributed by atoms with van der Waals surface area (Å²) in [6.07, 6.45) is -4.45. The first-order valence-corrected chi connectivity index (χ1v) is 6.59. The molecule has 0 unspecified atom stereocenters. The van der Waals surface area contributed by atoms with Gasteiger partial charge in [-0.15, -0.1) is 0 Å². The molecule has 4 nitrogen and oxygen atoms in total. The fraction of sp³-hybridized carbons (Fsp3) is 0.400. The maximum absolute atomic E-state index is 12.6. The molecule has 0 saturated heterocycles. The van der Waals surface area contributed by atoms with E-state index in [2.05, 4.69) is 4.74 Å². The standard InChI is InChI=1S/C10H11F4NO3S/c11-8-1-3-9(4-2-8)19(16,17)15-5-6-18-7-10(12,13)14/h1-4,15H,5-7H2. The highest BCUT2D eigenvalue weighted by atomic mass is 32.2. The SMILES string of the molecule is O=S(=O)(NCCOCC(F)(F)F)c1ccc(F)cc1. The van der Waals surface area contributed by atoms with Crippen molar-refractivity contribution in [3.05, 3.63) is 30.1 Å². The Bertz CT molecular complexity index is 499. The Morgan fingerprint density at radius 3 is 2.26 bits per heavy atom. The van der Waals surface area contributed by atoms with Gasteiger partial charge in [0, 0.05) is 6.54 Å². The largest absolute Gasteiger partial charge is 0.411 e. The lowest BCUT2D eigenvalue weighted by Crippen LogP contribution is -2.29. The predicted molar refractivity (Wildman–Crippen MR) is 58.5 cm³/mol. The van der Waals surface area contributed by atoms with Crippen LogP contribution in [0.2, 0.25) is 0 Å². The van der Waals surface area contributed by atoms with Crippen LogP contribution in [0.3, 0.4) is 0 Å². The smallest absolute Gasteiger partial charge is 0.371 e.